The molecule has 0 aromatic carbocycles. The van der Waals surface area contributed by atoms with Gasteiger partial charge in [-0.3, -0.25) is 0 Å². The van der Waals surface area contributed by atoms with Crippen LogP contribution in [0.3, 0.4) is 0 Å². The molecule has 0 aliphatic heterocycles. The normalized spacial score (nSPS) is 25.6. The summed E-state index contributed by atoms with van der Waals surface area (Å²) < 4.78 is 1.07. The van der Waals surface area contributed by atoms with Gasteiger partial charge in [0, 0.05) is 18.9 Å². The van der Waals surface area contributed by atoms with Crippen LogP contribution in [0.2, 0.25) is 0 Å². The molecule has 1 heterocycles. The molecule has 19 heavy (non-hydrogen) atoms. The molecule has 0 saturated heterocycles. The molecule has 1 N–H and O–H groups in total. The van der Waals surface area contributed by atoms with Crippen molar-refractivity contribution in [3.05, 3.63) is 16.0 Å². The van der Waals surface area contributed by atoms with Gasteiger partial charge in [0.1, 0.15) is 11.6 Å². The number of aromatic nitrogens is 2. The minimum Gasteiger partial charge on any atom is -0.372 e. The highest BCUT2D eigenvalue weighted by Crippen LogP contribution is 2.58. The van der Waals surface area contributed by atoms with E-state index in [4.69, 9.17) is 9.97 Å². The van der Waals surface area contributed by atoms with Gasteiger partial charge >= 0.3 is 0 Å². The van der Waals surface area contributed by atoms with Gasteiger partial charge in [-0.1, -0.05) is 26.7 Å². The molecule has 3 nitrogen and oxygen atoms in total. The number of rotatable bonds is 3. The zero-order valence-electron chi connectivity index (χ0n) is 12.0. The zero-order valence-corrected chi connectivity index (χ0v) is 13.5. The van der Waals surface area contributed by atoms with Gasteiger partial charge in [0.15, 0.2) is 0 Å². The van der Waals surface area contributed by atoms with E-state index in [9.17, 15) is 0 Å². The third kappa shape index (κ3) is 2.39. The van der Waals surface area contributed by atoms with Crippen LogP contribution in [0.25, 0.3) is 0 Å². The van der Waals surface area contributed by atoms with Crippen LogP contribution < -0.4 is 5.32 Å². The number of hydrogen-bond acceptors (Lipinski definition) is 3. The number of halogens is 1. The predicted octanol–water partition coefficient (Wildman–Crippen LogP) is 4.45. The Morgan fingerprint density at radius 1 is 1.21 bits per heavy atom. The fourth-order valence-corrected chi connectivity index (χ4v) is 3.88. The molecule has 1 aromatic rings. The monoisotopic (exact) mass is 323 g/mol. The standard InChI is InChI=1S/C15H22BrN3/c1-15(2)8-10(15)13-18-12(9-6-4-5-7-9)11(16)14(17-3)19-13/h9-10H,4-8H2,1-3H3,(H,17,18,19). The van der Waals surface area contributed by atoms with Crippen LogP contribution in [0.5, 0.6) is 0 Å². The molecule has 2 saturated carbocycles. The average molecular weight is 324 g/mol. The van der Waals surface area contributed by atoms with Crippen LogP contribution >= 0.6 is 15.9 Å². The second-order valence-corrected chi connectivity index (χ2v) is 7.40. The Morgan fingerprint density at radius 3 is 2.37 bits per heavy atom. The van der Waals surface area contributed by atoms with Crippen LogP contribution in [-0.2, 0) is 0 Å². The SMILES string of the molecule is CNc1nc(C2CC2(C)C)nc(C2CCCC2)c1Br. The molecule has 2 aliphatic carbocycles. The average Bonchev–Trinajstić information content (AvgIpc) is 2.82. The van der Waals surface area contributed by atoms with Gasteiger partial charge < -0.3 is 5.32 Å². The quantitative estimate of drug-likeness (QED) is 0.892. The van der Waals surface area contributed by atoms with E-state index >= 15 is 0 Å². The number of anilines is 1. The molecule has 104 valence electrons. The van der Waals surface area contributed by atoms with Crippen molar-refractivity contribution in [3.63, 3.8) is 0 Å². The molecular weight excluding hydrogens is 302 g/mol. The summed E-state index contributed by atoms with van der Waals surface area (Å²) in [6.07, 6.45) is 6.42. The second kappa shape index (κ2) is 4.72. The summed E-state index contributed by atoms with van der Waals surface area (Å²) in [6.45, 7) is 4.61. The van der Waals surface area contributed by atoms with E-state index in [-0.39, 0.29) is 0 Å². The van der Waals surface area contributed by atoms with E-state index in [0.29, 0.717) is 17.3 Å². The Balaban J connectivity index is 2.00. The van der Waals surface area contributed by atoms with Crippen LogP contribution in [0.1, 0.15) is 69.3 Å². The second-order valence-electron chi connectivity index (χ2n) is 6.61. The molecule has 0 radical (unpaired) electrons. The first kappa shape index (κ1) is 13.3. The molecule has 0 amide bonds. The summed E-state index contributed by atoms with van der Waals surface area (Å²) in [5.74, 6) is 3.15. The Kier molecular flexibility index (Phi) is 3.32. The summed E-state index contributed by atoms with van der Waals surface area (Å²) >= 11 is 3.70. The van der Waals surface area contributed by atoms with Gasteiger partial charge in [0.25, 0.3) is 0 Å². The molecule has 0 bridgehead atoms. The van der Waals surface area contributed by atoms with Crippen molar-refractivity contribution in [3.8, 4) is 0 Å². The lowest BCUT2D eigenvalue weighted by Gasteiger charge is -2.16. The van der Waals surface area contributed by atoms with E-state index in [1.165, 1.54) is 37.8 Å². The van der Waals surface area contributed by atoms with Gasteiger partial charge in [-0.05, 0) is 40.6 Å². The number of nitrogens with zero attached hydrogens (tertiary/aromatic N) is 2. The third-order valence-corrected chi connectivity index (χ3v) is 5.48. The van der Waals surface area contributed by atoms with Crippen molar-refractivity contribution in [2.45, 2.75) is 57.8 Å². The van der Waals surface area contributed by atoms with Gasteiger partial charge in [-0.15, -0.1) is 0 Å². The van der Waals surface area contributed by atoms with Crippen LogP contribution in [0.15, 0.2) is 4.47 Å². The Morgan fingerprint density at radius 2 is 1.84 bits per heavy atom. The lowest BCUT2D eigenvalue weighted by molar-refractivity contribution is 0.601. The van der Waals surface area contributed by atoms with E-state index in [0.717, 1.165) is 16.1 Å². The third-order valence-electron chi connectivity index (χ3n) is 4.70. The molecular formula is C15H22BrN3. The van der Waals surface area contributed by atoms with Crippen LogP contribution in [-0.4, -0.2) is 17.0 Å². The van der Waals surface area contributed by atoms with E-state index < -0.39 is 0 Å². The highest BCUT2D eigenvalue weighted by atomic mass is 79.9. The van der Waals surface area contributed by atoms with Gasteiger partial charge in [-0.25, -0.2) is 9.97 Å². The van der Waals surface area contributed by atoms with E-state index in [1.807, 2.05) is 7.05 Å². The fraction of sp³-hybridized carbons (Fsp3) is 0.733. The maximum Gasteiger partial charge on any atom is 0.144 e. The Hall–Kier alpha value is -0.640. The van der Waals surface area contributed by atoms with E-state index in [1.54, 1.807) is 0 Å². The molecule has 4 heteroatoms. The largest absolute Gasteiger partial charge is 0.372 e. The van der Waals surface area contributed by atoms with Crippen molar-refractivity contribution < 1.29 is 0 Å². The Labute approximate surface area is 123 Å². The fourth-order valence-electron chi connectivity index (χ4n) is 3.18. The number of nitrogens with one attached hydrogen (secondary N) is 1. The topological polar surface area (TPSA) is 37.8 Å². The summed E-state index contributed by atoms with van der Waals surface area (Å²) in [6, 6.07) is 0. The molecule has 1 unspecified atom stereocenters. The van der Waals surface area contributed by atoms with Crippen molar-refractivity contribution in [1.82, 2.24) is 9.97 Å². The van der Waals surface area contributed by atoms with Crippen LogP contribution in [0.4, 0.5) is 5.82 Å². The Bertz CT molecular complexity index is 492. The lowest BCUT2D eigenvalue weighted by atomic mass is 10.0. The summed E-state index contributed by atoms with van der Waals surface area (Å²) in [5.41, 5.74) is 1.61. The molecule has 1 aromatic heterocycles. The molecule has 2 fully saturated rings. The summed E-state index contributed by atoms with van der Waals surface area (Å²) in [4.78, 5) is 9.63. The first-order valence-electron chi connectivity index (χ1n) is 7.28. The van der Waals surface area contributed by atoms with Gasteiger partial charge in [-0.2, -0.15) is 0 Å². The highest BCUT2D eigenvalue weighted by molar-refractivity contribution is 9.10. The molecule has 2 aliphatic rings. The summed E-state index contributed by atoms with van der Waals surface area (Å²) in [5, 5.41) is 3.21. The predicted molar refractivity (Wildman–Crippen MR) is 81.6 cm³/mol. The van der Waals surface area contributed by atoms with Crippen molar-refractivity contribution in [1.29, 1.82) is 0 Å². The molecule has 0 spiro atoms. The van der Waals surface area contributed by atoms with Gasteiger partial charge in [0.2, 0.25) is 0 Å². The highest BCUT2D eigenvalue weighted by Gasteiger charge is 2.49. The van der Waals surface area contributed by atoms with Crippen molar-refractivity contribution in [2.75, 3.05) is 12.4 Å². The van der Waals surface area contributed by atoms with E-state index in [2.05, 4.69) is 35.1 Å². The maximum atomic E-state index is 4.92. The molecule has 1 atom stereocenters. The minimum atomic E-state index is 0.381. The zero-order chi connectivity index (χ0) is 13.6. The lowest BCUT2D eigenvalue weighted by Crippen LogP contribution is -2.08. The smallest absolute Gasteiger partial charge is 0.144 e. The van der Waals surface area contributed by atoms with Crippen molar-refractivity contribution in [2.24, 2.45) is 5.41 Å². The molecule has 3 rings (SSSR count). The van der Waals surface area contributed by atoms with Gasteiger partial charge in [0.05, 0.1) is 10.2 Å². The summed E-state index contributed by atoms with van der Waals surface area (Å²) in [7, 11) is 1.94. The van der Waals surface area contributed by atoms with Crippen molar-refractivity contribution >= 4 is 21.7 Å². The first-order chi connectivity index (χ1) is 9.03. The first-order valence-corrected chi connectivity index (χ1v) is 8.07. The number of hydrogen-bond donors (Lipinski definition) is 1. The maximum absolute atomic E-state index is 4.92. The van der Waals surface area contributed by atoms with Crippen LogP contribution in [0, 0.1) is 5.41 Å². The minimum absolute atomic E-state index is 0.381.